The maximum absolute atomic E-state index is 13.8. The highest BCUT2D eigenvalue weighted by molar-refractivity contribution is 6.12. The Bertz CT molecular complexity index is 1360. The summed E-state index contributed by atoms with van der Waals surface area (Å²) in [6, 6.07) is 14.5. The molecule has 1 fully saturated rings. The second-order valence-electron chi connectivity index (χ2n) is 9.66. The average molecular weight is 518 g/mol. The summed E-state index contributed by atoms with van der Waals surface area (Å²) in [4.78, 5) is 46.5. The number of carbonyl (C=O) groups excluding carboxylic acids is 3. The molecule has 10 nitrogen and oxygen atoms in total. The van der Waals surface area contributed by atoms with E-state index in [0.29, 0.717) is 24.6 Å². The number of aromatic nitrogens is 2. The van der Waals surface area contributed by atoms with Crippen LogP contribution < -0.4 is 20.1 Å². The number of para-hydroxylation sites is 2. The number of rotatable bonds is 9. The second kappa shape index (κ2) is 10.2. The van der Waals surface area contributed by atoms with Gasteiger partial charge in [0.25, 0.3) is 11.8 Å². The first-order chi connectivity index (χ1) is 18.4. The largest absolute Gasteiger partial charge is 0.497 e. The molecule has 1 atom stereocenters. The van der Waals surface area contributed by atoms with Crippen molar-refractivity contribution in [2.45, 2.75) is 51.4 Å². The van der Waals surface area contributed by atoms with E-state index in [9.17, 15) is 14.4 Å². The van der Waals surface area contributed by atoms with Crippen LogP contribution in [-0.2, 0) is 17.9 Å². The van der Waals surface area contributed by atoms with Crippen molar-refractivity contribution < 1.29 is 23.9 Å². The van der Waals surface area contributed by atoms with Crippen molar-refractivity contribution in [3.8, 4) is 11.5 Å². The smallest absolute Gasteiger partial charge is 0.276 e. The van der Waals surface area contributed by atoms with Crippen LogP contribution in [0.25, 0.3) is 0 Å². The van der Waals surface area contributed by atoms with Crippen molar-refractivity contribution in [1.29, 1.82) is 0 Å². The van der Waals surface area contributed by atoms with Crippen LogP contribution in [0, 0.1) is 0 Å². The van der Waals surface area contributed by atoms with Crippen LogP contribution in [-0.4, -0.2) is 57.5 Å². The van der Waals surface area contributed by atoms with Crippen molar-refractivity contribution in [3.05, 3.63) is 71.8 Å². The molecule has 5 rings (SSSR count). The molecule has 198 valence electrons. The van der Waals surface area contributed by atoms with Gasteiger partial charge < -0.3 is 29.6 Å². The van der Waals surface area contributed by atoms with Gasteiger partial charge in [0.05, 0.1) is 32.3 Å². The van der Waals surface area contributed by atoms with Crippen molar-refractivity contribution in [3.63, 3.8) is 0 Å². The van der Waals surface area contributed by atoms with Gasteiger partial charge >= 0.3 is 0 Å². The molecule has 2 aliphatic rings. The molecule has 1 saturated carbocycles. The summed E-state index contributed by atoms with van der Waals surface area (Å²) in [5, 5.41) is 5.81. The van der Waals surface area contributed by atoms with Crippen LogP contribution in [0.3, 0.4) is 0 Å². The van der Waals surface area contributed by atoms with Crippen molar-refractivity contribution in [1.82, 2.24) is 19.8 Å². The summed E-state index contributed by atoms with van der Waals surface area (Å²) >= 11 is 0. The third-order valence-corrected chi connectivity index (χ3v) is 6.93. The number of nitrogens with zero attached hydrogens (tertiary/aromatic N) is 3. The number of hydrogen-bond acceptors (Lipinski definition) is 6. The SMILES string of the molecule is CCOc1ccccc1NC(=O)c1ncn2c1C(=O)N(C1CC1)[C@@](C)(C(=O)NCc1ccc(OC)cc1)C2. The summed E-state index contributed by atoms with van der Waals surface area (Å²) in [5.74, 6) is 0.121. The molecule has 0 unspecified atom stereocenters. The van der Waals surface area contributed by atoms with Gasteiger partial charge in [-0.3, -0.25) is 14.4 Å². The molecule has 0 spiro atoms. The lowest BCUT2D eigenvalue weighted by atomic mass is 9.93. The molecule has 0 radical (unpaired) electrons. The predicted octanol–water partition coefficient (Wildman–Crippen LogP) is 3.24. The molecular formula is C28H31N5O5. The highest BCUT2D eigenvalue weighted by Gasteiger charge is 2.53. The number of hydrogen-bond donors (Lipinski definition) is 2. The molecule has 1 aromatic heterocycles. The first-order valence-corrected chi connectivity index (χ1v) is 12.7. The third kappa shape index (κ3) is 4.69. The summed E-state index contributed by atoms with van der Waals surface area (Å²) in [5.41, 5.74) is 0.480. The molecule has 10 heteroatoms. The Balaban J connectivity index is 1.38. The van der Waals surface area contributed by atoms with E-state index in [1.54, 1.807) is 41.7 Å². The number of anilines is 1. The second-order valence-corrected chi connectivity index (χ2v) is 9.66. The van der Waals surface area contributed by atoms with Crippen LogP contribution in [0.15, 0.2) is 54.9 Å². The lowest BCUT2D eigenvalue weighted by molar-refractivity contribution is -0.133. The highest BCUT2D eigenvalue weighted by atomic mass is 16.5. The van der Waals surface area contributed by atoms with Gasteiger partial charge in [0.2, 0.25) is 5.91 Å². The zero-order chi connectivity index (χ0) is 26.9. The molecular weight excluding hydrogens is 486 g/mol. The number of fused-ring (bicyclic) bond motifs is 1. The Morgan fingerprint density at radius 1 is 1.13 bits per heavy atom. The van der Waals surface area contributed by atoms with E-state index in [-0.39, 0.29) is 35.8 Å². The van der Waals surface area contributed by atoms with E-state index in [1.165, 1.54) is 6.33 Å². The van der Waals surface area contributed by atoms with E-state index >= 15 is 0 Å². The van der Waals surface area contributed by atoms with E-state index in [4.69, 9.17) is 9.47 Å². The summed E-state index contributed by atoms with van der Waals surface area (Å²) in [6.45, 7) is 4.58. The van der Waals surface area contributed by atoms with Gasteiger partial charge in [-0.15, -0.1) is 0 Å². The molecule has 38 heavy (non-hydrogen) atoms. The molecule has 0 bridgehead atoms. The van der Waals surface area contributed by atoms with Gasteiger partial charge in [-0.05, 0) is 56.5 Å². The summed E-state index contributed by atoms with van der Waals surface area (Å²) < 4.78 is 12.4. The number of amides is 3. The first-order valence-electron chi connectivity index (χ1n) is 12.7. The maximum Gasteiger partial charge on any atom is 0.276 e. The summed E-state index contributed by atoms with van der Waals surface area (Å²) in [6.07, 6.45) is 3.07. The number of benzene rings is 2. The fourth-order valence-corrected chi connectivity index (χ4v) is 4.87. The molecule has 1 aliphatic heterocycles. The molecule has 1 aliphatic carbocycles. The highest BCUT2D eigenvalue weighted by Crippen LogP contribution is 2.39. The minimum atomic E-state index is -1.13. The van der Waals surface area contributed by atoms with Gasteiger partial charge in [0.15, 0.2) is 5.69 Å². The van der Waals surface area contributed by atoms with Gasteiger partial charge in [0.1, 0.15) is 22.7 Å². The third-order valence-electron chi connectivity index (χ3n) is 6.93. The quantitative estimate of drug-likeness (QED) is 0.450. The summed E-state index contributed by atoms with van der Waals surface area (Å²) in [7, 11) is 1.60. The number of methoxy groups -OCH3 is 1. The number of nitrogens with one attached hydrogen (secondary N) is 2. The van der Waals surface area contributed by atoms with Crippen molar-refractivity contribution >= 4 is 23.4 Å². The lowest BCUT2D eigenvalue weighted by Gasteiger charge is -2.44. The fraction of sp³-hybridized carbons (Fsp3) is 0.357. The standard InChI is InChI=1S/C28H31N5O5/c1-4-38-22-8-6-5-7-21(22)31-25(34)23-24-26(35)33(19-11-12-19)28(2,16-32(24)17-30-23)27(36)29-15-18-9-13-20(37-3)14-10-18/h5-10,13-14,17,19H,4,11-12,15-16H2,1-3H3,(H,29,36)(H,31,34)/t28-/m1/s1. The predicted molar refractivity (Wildman–Crippen MR) is 140 cm³/mol. The topological polar surface area (TPSA) is 115 Å². The maximum atomic E-state index is 13.8. The Morgan fingerprint density at radius 2 is 1.87 bits per heavy atom. The van der Waals surface area contributed by atoms with Gasteiger partial charge in [-0.1, -0.05) is 24.3 Å². The Morgan fingerprint density at radius 3 is 2.55 bits per heavy atom. The normalized spacial score (nSPS) is 18.5. The number of imidazole rings is 1. The van der Waals surface area contributed by atoms with Crippen molar-refractivity contribution in [2.24, 2.45) is 0 Å². The van der Waals surface area contributed by atoms with Crippen LogP contribution in [0.5, 0.6) is 11.5 Å². The minimum absolute atomic E-state index is 0.0210. The first kappa shape index (κ1) is 25.3. The average Bonchev–Trinajstić information content (AvgIpc) is 3.66. The molecule has 0 saturated heterocycles. The monoisotopic (exact) mass is 517 g/mol. The van der Waals surface area contributed by atoms with Crippen LogP contribution in [0.4, 0.5) is 5.69 Å². The van der Waals surface area contributed by atoms with Crippen LogP contribution >= 0.6 is 0 Å². The Hall–Kier alpha value is -4.34. The minimum Gasteiger partial charge on any atom is -0.497 e. The van der Waals surface area contributed by atoms with E-state index < -0.39 is 11.4 Å². The lowest BCUT2D eigenvalue weighted by Crippen LogP contribution is -2.64. The molecule has 3 amide bonds. The van der Waals surface area contributed by atoms with Crippen LogP contribution in [0.1, 0.15) is 53.2 Å². The Labute approximate surface area is 220 Å². The fourth-order valence-electron chi connectivity index (χ4n) is 4.87. The molecule has 2 aromatic carbocycles. The van der Waals surface area contributed by atoms with Crippen molar-refractivity contribution in [2.75, 3.05) is 19.0 Å². The number of ether oxygens (including phenoxy) is 2. The van der Waals surface area contributed by atoms with E-state index in [2.05, 4.69) is 15.6 Å². The Kier molecular flexibility index (Phi) is 6.79. The van der Waals surface area contributed by atoms with Crippen LogP contribution in [0.2, 0.25) is 0 Å². The molecule has 2 N–H and O–H groups in total. The zero-order valence-electron chi connectivity index (χ0n) is 21.7. The van der Waals surface area contributed by atoms with E-state index in [0.717, 1.165) is 24.2 Å². The molecule has 3 aromatic rings. The van der Waals surface area contributed by atoms with Gasteiger partial charge in [-0.25, -0.2) is 4.98 Å². The zero-order valence-corrected chi connectivity index (χ0v) is 21.7. The van der Waals surface area contributed by atoms with Gasteiger partial charge in [-0.2, -0.15) is 0 Å². The van der Waals surface area contributed by atoms with E-state index in [1.807, 2.05) is 37.3 Å². The van der Waals surface area contributed by atoms with Gasteiger partial charge in [0, 0.05) is 12.6 Å². The number of carbonyl (C=O) groups is 3. The molecule has 2 heterocycles.